The second-order valence-electron chi connectivity index (χ2n) is 6.19. The maximum atomic E-state index is 9.89. The van der Waals surface area contributed by atoms with Gasteiger partial charge >= 0.3 is 0 Å². The largest absolute Gasteiger partial charge is 0.447 e. The molecule has 4 aliphatic heterocycles. The Balaban J connectivity index is 2.22. The third-order valence-corrected chi connectivity index (χ3v) is 5.31. The first kappa shape index (κ1) is 14.0. The van der Waals surface area contributed by atoms with Gasteiger partial charge < -0.3 is 9.47 Å². The molecule has 0 amide bonds. The first-order valence-corrected chi connectivity index (χ1v) is 7.30. The highest BCUT2D eigenvalue weighted by atomic mass is 16.7. The summed E-state index contributed by atoms with van der Waals surface area (Å²) < 4.78 is 11.9. The number of nitriles is 2. The number of nitrogens with one attached hydrogen (secondary N) is 1. The summed E-state index contributed by atoms with van der Waals surface area (Å²) in [5.74, 6) is -1.31. The summed E-state index contributed by atoms with van der Waals surface area (Å²) in [4.78, 5) is 4.13. The van der Waals surface area contributed by atoms with Crippen LogP contribution >= 0.6 is 0 Å². The van der Waals surface area contributed by atoms with E-state index in [-0.39, 0.29) is 11.7 Å². The van der Waals surface area contributed by atoms with Crippen LogP contribution in [0.2, 0.25) is 0 Å². The minimum atomic E-state index is -1.29. The Kier molecular flexibility index (Phi) is 2.71. The third kappa shape index (κ3) is 1.25. The number of hydrogen-bond donors (Lipinski definition) is 1. The van der Waals surface area contributed by atoms with Crippen LogP contribution in [0.5, 0.6) is 0 Å². The van der Waals surface area contributed by atoms with Crippen molar-refractivity contribution in [1.82, 2.24) is 0 Å². The van der Waals surface area contributed by atoms with E-state index >= 15 is 0 Å². The first-order valence-electron chi connectivity index (χ1n) is 7.30. The molecule has 4 aliphatic rings. The molecule has 4 rings (SSSR count). The van der Waals surface area contributed by atoms with Crippen LogP contribution < -0.4 is 0 Å². The zero-order valence-corrected chi connectivity index (χ0v) is 12.4. The maximum absolute atomic E-state index is 9.89. The molecule has 3 saturated heterocycles. The number of aliphatic imine (C=N–C) groups is 1. The predicted octanol–water partition coefficient (Wildman–Crippen LogP) is 2.37. The van der Waals surface area contributed by atoms with Gasteiger partial charge in [0.25, 0.3) is 0 Å². The van der Waals surface area contributed by atoms with Crippen LogP contribution in [-0.2, 0) is 9.47 Å². The SMILES string of the molecule is CCCC[C@H]1O[C@@]2(C)OC3=NC(=N)[C@@](C#N)([C@H]2C)[C@]31C#N. The minimum Gasteiger partial charge on any atom is -0.447 e. The molecule has 5 atom stereocenters. The van der Waals surface area contributed by atoms with E-state index in [2.05, 4.69) is 24.1 Å². The summed E-state index contributed by atoms with van der Waals surface area (Å²) in [7, 11) is 0. The summed E-state index contributed by atoms with van der Waals surface area (Å²) >= 11 is 0. The summed E-state index contributed by atoms with van der Waals surface area (Å²) in [6.45, 7) is 5.64. The van der Waals surface area contributed by atoms with E-state index in [0.717, 1.165) is 12.8 Å². The Bertz CT molecular complexity index is 631. The van der Waals surface area contributed by atoms with Gasteiger partial charge in [0.15, 0.2) is 10.8 Å². The average molecular weight is 286 g/mol. The molecule has 0 aliphatic carbocycles. The zero-order chi connectivity index (χ0) is 15.5. The topological polar surface area (TPSA) is 102 Å². The molecule has 1 N–H and O–H groups in total. The molecule has 3 fully saturated rings. The lowest BCUT2D eigenvalue weighted by atomic mass is 9.51. The van der Waals surface area contributed by atoms with Gasteiger partial charge in [-0.2, -0.15) is 15.5 Å². The molecule has 6 nitrogen and oxygen atoms in total. The van der Waals surface area contributed by atoms with Gasteiger partial charge in [-0.3, -0.25) is 5.41 Å². The van der Waals surface area contributed by atoms with Gasteiger partial charge in [-0.05, 0) is 6.42 Å². The molecule has 21 heavy (non-hydrogen) atoms. The molecular weight excluding hydrogens is 268 g/mol. The number of rotatable bonds is 3. The van der Waals surface area contributed by atoms with E-state index in [1.54, 1.807) is 13.8 Å². The zero-order valence-electron chi connectivity index (χ0n) is 12.4. The van der Waals surface area contributed by atoms with Crippen molar-refractivity contribution in [1.29, 1.82) is 15.9 Å². The molecule has 0 spiro atoms. The highest BCUT2D eigenvalue weighted by Crippen LogP contribution is 2.66. The molecule has 110 valence electrons. The second-order valence-corrected chi connectivity index (χ2v) is 6.19. The molecule has 4 bridgehead atoms. The lowest BCUT2D eigenvalue weighted by molar-refractivity contribution is -0.330. The molecule has 0 saturated carbocycles. The Morgan fingerprint density at radius 1 is 1.33 bits per heavy atom. The van der Waals surface area contributed by atoms with Crippen LogP contribution in [-0.4, -0.2) is 23.6 Å². The van der Waals surface area contributed by atoms with Crippen molar-refractivity contribution in [3.8, 4) is 12.1 Å². The van der Waals surface area contributed by atoms with Gasteiger partial charge in [0.05, 0.1) is 18.2 Å². The van der Waals surface area contributed by atoms with Crippen molar-refractivity contribution in [3.05, 3.63) is 0 Å². The van der Waals surface area contributed by atoms with Crippen molar-refractivity contribution < 1.29 is 9.47 Å². The van der Waals surface area contributed by atoms with Crippen LogP contribution in [0.15, 0.2) is 4.99 Å². The number of nitrogens with zero attached hydrogens (tertiary/aromatic N) is 3. The van der Waals surface area contributed by atoms with Crippen molar-refractivity contribution in [2.24, 2.45) is 21.7 Å². The van der Waals surface area contributed by atoms with Crippen LogP contribution in [0.25, 0.3) is 0 Å². The van der Waals surface area contributed by atoms with E-state index < -0.39 is 28.6 Å². The standard InChI is InChI=1S/C15H18N4O2/c1-4-5-6-10-15(8-17)12-19-11(18)14(15,7-16)9(2)13(3,20-10)21-12/h9-10,18H,4-6H2,1-3H3/t9-,10+,13-,14+,15-/m0/s1. The van der Waals surface area contributed by atoms with Crippen molar-refractivity contribution in [2.45, 2.75) is 51.9 Å². The van der Waals surface area contributed by atoms with Gasteiger partial charge in [0, 0.05) is 12.8 Å². The Labute approximate surface area is 123 Å². The van der Waals surface area contributed by atoms with Gasteiger partial charge in [-0.1, -0.05) is 26.7 Å². The quantitative estimate of drug-likeness (QED) is 0.860. The van der Waals surface area contributed by atoms with Crippen molar-refractivity contribution in [2.75, 3.05) is 0 Å². The van der Waals surface area contributed by atoms with Crippen LogP contribution in [0, 0.1) is 44.8 Å². The van der Waals surface area contributed by atoms with Gasteiger partial charge in [-0.15, -0.1) is 0 Å². The van der Waals surface area contributed by atoms with Crippen molar-refractivity contribution in [3.63, 3.8) is 0 Å². The smallest absolute Gasteiger partial charge is 0.218 e. The van der Waals surface area contributed by atoms with Gasteiger partial charge in [0.1, 0.15) is 5.84 Å². The number of ether oxygens (including phenoxy) is 2. The Hall–Kier alpha value is -1.92. The lowest BCUT2D eigenvalue weighted by Gasteiger charge is -2.60. The molecule has 6 heteroatoms. The van der Waals surface area contributed by atoms with E-state index in [9.17, 15) is 10.5 Å². The van der Waals surface area contributed by atoms with Gasteiger partial charge in [-0.25, -0.2) is 0 Å². The average Bonchev–Trinajstić information content (AvgIpc) is 2.68. The van der Waals surface area contributed by atoms with E-state index in [1.807, 2.05) is 0 Å². The summed E-state index contributed by atoms with van der Waals surface area (Å²) in [5.41, 5.74) is -2.56. The van der Waals surface area contributed by atoms with Crippen molar-refractivity contribution >= 4 is 11.7 Å². The first-order chi connectivity index (χ1) is 9.92. The fourth-order valence-electron chi connectivity index (χ4n) is 3.96. The summed E-state index contributed by atoms with van der Waals surface area (Å²) in [6.07, 6.45) is 2.06. The fraction of sp³-hybridized carbons (Fsp3) is 0.733. The highest BCUT2D eigenvalue weighted by Gasteiger charge is 2.81. The molecule has 0 aromatic carbocycles. The van der Waals surface area contributed by atoms with Crippen LogP contribution in [0.3, 0.4) is 0 Å². The minimum absolute atomic E-state index is 0.0671. The molecule has 0 radical (unpaired) electrons. The van der Waals surface area contributed by atoms with Crippen LogP contribution in [0.1, 0.15) is 40.0 Å². The fourth-order valence-corrected chi connectivity index (χ4v) is 3.96. The third-order valence-electron chi connectivity index (χ3n) is 5.31. The maximum Gasteiger partial charge on any atom is 0.218 e. The summed E-state index contributed by atoms with van der Waals surface area (Å²) in [5, 5.41) is 27.9. The Morgan fingerprint density at radius 3 is 2.57 bits per heavy atom. The number of unbranched alkanes of at least 4 members (excludes halogenated alkanes) is 1. The highest BCUT2D eigenvalue weighted by molar-refractivity contribution is 6.12. The number of hydrogen-bond acceptors (Lipinski definition) is 5. The predicted molar refractivity (Wildman–Crippen MR) is 74.3 cm³/mol. The number of amidine groups is 1. The molecular formula is C15H18N4O2. The lowest BCUT2D eigenvalue weighted by Crippen LogP contribution is -2.73. The summed E-state index contributed by atoms with van der Waals surface area (Å²) in [6, 6.07) is 4.49. The second kappa shape index (κ2) is 4.05. The molecule has 0 unspecified atom stereocenters. The van der Waals surface area contributed by atoms with E-state index in [0.29, 0.717) is 6.42 Å². The van der Waals surface area contributed by atoms with Gasteiger partial charge in [0.2, 0.25) is 11.7 Å². The molecule has 0 aromatic heterocycles. The number of fused-ring (bicyclic) bond motifs is 1. The van der Waals surface area contributed by atoms with E-state index in [1.165, 1.54) is 0 Å². The van der Waals surface area contributed by atoms with E-state index in [4.69, 9.17) is 14.9 Å². The normalized spacial score (nSPS) is 46.5. The van der Waals surface area contributed by atoms with Crippen LogP contribution in [0.4, 0.5) is 0 Å². The molecule has 0 aromatic rings. The molecule has 4 heterocycles. The Morgan fingerprint density at radius 2 is 2.00 bits per heavy atom. The monoisotopic (exact) mass is 286 g/mol.